The molecule has 1 atom stereocenters. The molecule has 374 valence electrons. The molecule has 0 bridgehead atoms. The van der Waals surface area contributed by atoms with Crippen molar-refractivity contribution in [2.75, 3.05) is 13.2 Å². The van der Waals surface area contributed by atoms with E-state index in [2.05, 4.69) is 57.2 Å². The quantitative estimate of drug-likeness (QED) is 0.0262. The zero-order valence-corrected chi connectivity index (χ0v) is 42.8. The van der Waals surface area contributed by atoms with Crippen molar-refractivity contribution in [1.29, 1.82) is 0 Å². The van der Waals surface area contributed by atoms with E-state index in [-0.39, 0.29) is 31.1 Å². The fourth-order valence-electron chi connectivity index (χ4n) is 8.16. The lowest BCUT2D eigenvalue weighted by Crippen LogP contribution is -2.30. The Bertz CT molecular complexity index is 1080. The lowest BCUT2D eigenvalue weighted by atomic mass is 10.0. The van der Waals surface area contributed by atoms with Crippen LogP contribution < -0.4 is 0 Å². The molecule has 0 N–H and O–H groups in total. The zero-order chi connectivity index (χ0) is 46.5. The molecule has 0 fully saturated rings. The largest absolute Gasteiger partial charge is 0.462 e. The molecule has 64 heavy (non-hydrogen) atoms. The minimum Gasteiger partial charge on any atom is -0.462 e. The summed E-state index contributed by atoms with van der Waals surface area (Å²) in [4.78, 5) is 38.0. The lowest BCUT2D eigenvalue weighted by molar-refractivity contribution is -0.167. The van der Waals surface area contributed by atoms with Crippen LogP contribution in [-0.2, 0) is 28.6 Å². The van der Waals surface area contributed by atoms with Gasteiger partial charge in [0, 0.05) is 19.3 Å². The molecular formula is C58H106O6. The summed E-state index contributed by atoms with van der Waals surface area (Å²) in [5.41, 5.74) is 0. The van der Waals surface area contributed by atoms with Crippen LogP contribution in [-0.4, -0.2) is 37.2 Å². The normalized spacial score (nSPS) is 12.2. The van der Waals surface area contributed by atoms with Crippen LogP contribution in [0.5, 0.6) is 0 Å². The number of hydrogen-bond donors (Lipinski definition) is 0. The smallest absolute Gasteiger partial charge is 0.306 e. The minimum absolute atomic E-state index is 0.0700. The summed E-state index contributed by atoms with van der Waals surface area (Å²) in [5.74, 6) is -0.864. The summed E-state index contributed by atoms with van der Waals surface area (Å²) in [6, 6.07) is 0. The van der Waals surface area contributed by atoms with E-state index in [1.807, 2.05) is 0 Å². The number of allylic oxidation sites excluding steroid dienone is 6. The van der Waals surface area contributed by atoms with Gasteiger partial charge in [0.2, 0.25) is 0 Å². The molecule has 0 aliphatic carbocycles. The number of ether oxygens (including phenoxy) is 3. The molecule has 1 unspecified atom stereocenters. The summed E-state index contributed by atoms with van der Waals surface area (Å²) < 4.78 is 16.8. The van der Waals surface area contributed by atoms with Gasteiger partial charge < -0.3 is 14.2 Å². The van der Waals surface area contributed by atoms with E-state index in [0.29, 0.717) is 19.3 Å². The molecule has 0 amide bonds. The first kappa shape index (κ1) is 61.6. The number of esters is 3. The fraction of sp³-hybridized carbons (Fsp3) is 0.845. The number of carbonyl (C=O) groups excluding carboxylic acids is 3. The third kappa shape index (κ3) is 50.6. The van der Waals surface area contributed by atoms with E-state index < -0.39 is 6.10 Å². The minimum atomic E-state index is -0.769. The van der Waals surface area contributed by atoms with Crippen LogP contribution in [0.15, 0.2) is 36.5 Å². The predicted molar refractivity (Wildman–Crippen MR) is 275 cm³/mol. The highest BCUT2D eigenvalue weighted by atomic mass is 16.6. The Balaban J connectivity index is 4.25. The highest BCUT2D eigenvalue weighted by Gasteiger charge is 2.19. The Morgan fingerprint density at radius 1 is 0.312 bits per heavy atom. The molecular weight excluding hydrogens is 793 g/mol. The van der Waals surface area contributed by atoms with Gasteiger partial charge in [0.25, 0.3) is 0 Å². The van der Waals surface area contributed by atoms with Gasteiger partial charge >= 0.3 is 17.9 Å². The van der Waals surface area contributed by atoms with Gasteiger partial charge in [0.1, 0.15) is 13.2 Å². The maximum atomic E-state index is 12.8. The van der Waals surface area contributed by atoms with Crippen molar-refractivity contribution >= 4 is 17.9 Å². The van der Waals surface area contributed by atoms with Gasteiger partial charge in [0.15, 0.2) is 6.10 Å². The summed E-state index contributed by atoms with van der Waals surface area (Å²) in [5, 5.41) is 0. The van der Waals surface area contributed by atoms with Gasteiger partial charge in [0.05, 0.1) is 0 Å². The van der Waals surface area contributed by atoms with E-state index in [9.17, 15) is 14.4 Å². The molecule has 0 aromatic heterocycles. The number of hydrogen-bond acceptors (Lipinski definition) is 6. The highest BCUT2D eigenvalue weighted by molar-refractivity contribution is 5.71. The number of rotatable bonds is 51. The van der Waals surface area contributed by atoms with Crippen molar-refractivity contribution in [2.45, 2.75) is 303 Å². The molecule has 6 heteroatoms. The van der Waals surface area contributed by atoms with Crippen molar-refractivity contribution in [2.24, 2.45) is 0 Å². The van der Waals surface area contributed by atoms with E-state index >= 15 is 0 Å². The van der Waals surface area contributed by atoms with Gasteiger partial charge in [-0.3, -0.25) is 14.4 Å². The molecule has 0 aliphatic heterocycles. The maximum Gasteiger partial charge on any atom is 0.306 e. The highest BCUT2D eigenvalue weighted by Crippen LogP contribution is 2.16. The second-order valence-electron chi connectivity index (χ2n) is 18.9. The third-order valence-electron chi connectivity index (χ3n) is 12.4. The molecule has 0 radical (unpaired) electrons. The van der Waals surface area contributed by atoms with Gasteiger partial charge in [-0.15, -0.1) is 0 Å². The van der Waals surface area contributed by atoms with Gasteiger partial charge in [-0.25, -0.2) is 0 Å². The Morgan fingerprint density at radius 2 is 0.562 bits per heavy atom. The van der Waals surface area contributed by atoms with E-state index in [0.717, 1.165) is 77.0 Å². The first-order chi connectivity index (χ1) is 31.5. The Kier molecular flexibility index (Phi) is 51.3. The van der Waals surface area contributed by atoms with Gasteiger partial charge in [-0.1, -0.05) is 256 Å². The van der Waals surface area contributed by atoms with Crippen LogP contribution in [0.4, 0.5) is 0 Å². The van der Waals surface area contributed by atoms with Crippen molar-refractivity contribution in [1.82, 2.24) is 0 Å². The van der Waals surface area contributed by atoms with Gasteiger partial charge in [-0.2, -0.15) is 0 Å². The SMILES string of the molecule is CCCCCCC/C=C\C/C=C\C/C=C\CCCCCCCCCCC(=O)OCC(COC(=O)CCCCCCCCCCCCC)OC(=O)CCCCCCCCCCCCCC. The Morgan fingerprint density at radius 3 is 0.875 bits per heavy atom. The Hall–Kier alpha value is -2.37. The maximum absolute atomic E-state index is 12.8. The Labute approximate surface area is 397 Å². The number of unbranched alkanes of at least 4 members (excludes halogenated alkanes) is 34. The van der Waals surface area contributed by atoms with Crippen LogP contribution in [0.3, 0.4) is 0 Å². The van der Waals surface area contributed by atoms with Crippen molar-refractivity contribution in [3.05, 3.63) is 36.5 Å². The first-order valence-corrected chi connectivity index (χ1v) is 28.0. The van der Waals surface area contributed by atoms with Crippen LogP contribution in [0.25, 0.3) is 0 Å². The summed E-state index contributed by atoms with van der Waals surface area (Å²) in [7, 11) is 0. The van der Waals surface area contributed by atoms with Crippen LogP contribution in [0.1, 0.15) is 297 Å². The second kappa shape index (κ2) is 53.2. The summed E-state index contributed by atoms with van der Waals surface area (Å²) in [6.45, 7) is 6.64. The van der Waals surface area contributed by atoms with E-state index in [4.69, 9.17) is 14.2 Å². The average molecular weight is 899 g/mol. The summed E-state index contributed by atoms with van der Waals surface area (Å²) >= 11 is 0. The topological polar surface area (TPSA) is 78.9 Å². The average Bonchev–Trinajstić information content (AvgIpc) is 3.29. The fourth-order valence-corrected chi connectivity index (χ4v) is 8.16. The zero-order valence-electron chi connectivity index (χ0n) is 42.8. The van der Waals surface area contributed by atoms with Gasteiger partial charge in [-0.05, 0) is 57.8 Å². The van der Waals surface area contributed by atoms with Crippen molar-refractivity contribution < 1.29 is 28.6 Å². The van der Waals surface area contributed by atoms with E-state index in [1.165, 1.54) is 180 Å². The van der Waals surface area contributed by atoms with Crippen LogP contribution in [0.2, 0.25) is 0 Å². The molecule has 0 heterocycles. The van der Waals surface area contributed by atoms with Crippen molar-refractivity contribution in [3.8, 4) is 0 Å². The van der Waals surface area contributed by atoms with E-state index in [1.54, 1.807) is 0 Å². The standard InChI is InChI=1S/C58H106O6/c1-4-7-10-13-16-19-22-24-25-26-27-28-29-30-31-32-33-34-37-39-42-45-48-51-57(60)63-54-55(53-62-56(59)50-47-44-41-38-35-21-18-15-12-9-6-3)64-58(61)52-49-46-43-40-36-23-20-17-14-11-8-5-2/h22,24,26-27,29-30,55H,4-21,23,25,28,31-54H2,1-3H3/b24-22-,27-26-,30-29-. The van der Waals surface area contributed by atoms with Crippen molar-refractivity contribution in [3.63, 3.8) is 0 Å². The molecule has 0 saturated carbocycles. The molecule has 0 aliphatic rings. The monoisotopic (exact) mass is 899 g/mol. The second-order valence-corrected chi connectivity index (χ2v) is 18.9. The summed E-state index contributed by atoms with van der Waals surface area (Å²) in [6.07, 6.45) is 62.8. The molecule has 0 aromatic carbocycles. The first-order valence-electron chi connectivity index (χ1n) is 28.0. The third-order valence-corrected chi connectivity index (χ3v) is 12.4. The molecule has 0 saturated heterocycles. The van der Waals surface area contributed by atoms with Crippen LogP contribution in [0, 0.1) is 0 Å². The van der Waals surface area contributed by atoms with Crippen LogP contribution >= 0.6 is 0 Å². The molecule has 0 aromatic rings. The number of carbonyl (C=O) groups is 3. The molecule has 6 nitrogen and oxygen atoms in total. The predicted octanol–water partition coefficient (Wildman–Crippen LogP) is 18.5. The molecule has 0 rings (SSSR count). The lowest BCUT2D eigenvalue weighted by Gasteiger charge is -2.18. The molecule has 0 spiro atoms.